The van der Waals surface area contributed by atoms with Gasteiger partial charge in [-0.1, -0.05) is 30.3 Å². The average molecular weight is 340 g/mol. The highest BCUT2D eigenvalue weighted by molar-refractivity contribution is 7.18. The van der Waals surface area contributed by atoms with Gasteiger partial charge in [0.15, 0.2) is 0 Å². The van der Waals surface area contributed by atoms with Crippen LogP contribution in [0.15, 0.2) is 41.5 Å². The molecule has 2 heterocycles. The summed E-state index contributed by atoms with van der Waals surface area (Å²) in [5.41, 5.74) is 1.57. The van der Waals surface area contributed by atoms with Crippen molar-refractivity contribution in [2.45, 2.75) is 31.7 Å². The second-order valence-electron chi connectivity index (χ2n) is 6.07. The van der Waals surface area contributed by atoms with Gasteiger partial charge in [0.1, 0.15) is 4.83 Å². The Morgan fingerprint density at radius 2 is 2.12 bits per heavy atom. The molecular weight excluding hydrogens is 324 g/mol. The predicted molar refractivity (Wildman–Crippen MR) is 92.7 cm³/mol. The Balaban J connectivity index is 1.88. The molecule has 1 aromatic carbocycles. The second kappa shape index (κ2) is 5.87. The van der Waals surface area contributed by atoms with E-state index in [1.54, 1.807) is 10.9 Å². The Kier molecular flexibility index (Phi) is 3.69. The first kappa shape index (κ1) is 15.1. The lowest BCUT2D eigenvalue weighted by Crippen LogP contribution is -2.24. The third-order valence-corrected chi connectivity index (χ3v) is 5.70. The van der Waals surface area contributed by atoms with Crippen molar-refractivity contribution in [1.29, 1.82) is 0 Å². The Labute approximate surface area is 142 Å². The third kappa shape index (κ3) is 2.43. The van der Waals surface area contributed by atoms with Gasteiger partial charge in [0.2, 0.25) is 0 Å². The summed E-state index contributed by atoms with van der Waals surface area (Å²) in [7, 11) is 0. The molecular formula is C18H16N2O3S. The maximum absolute atomic E-state index is 13.0. The third-order valence-electron chi connectivity index (χ3n) is 4.53. The molecule has 0 radical (unpaired) electrons. The number of thiophene rings is 1. The van der Waals surface area contributed by atoms with Crippen LogP contribution in [0.2, 0.25) is 0 Å². The molecule has 6 heteroatoms. The second-order valence-corrected chi connectivity index (χ2v) is 7.15. The largest absolute Gasteiger partial charge is 0.481 e. The van der Waals surface area contributed by atoms with Crippen LogP contribution < -0.4 is 5.56 Å². The average Bonchev–Trinajstić information content (AvgIpc) is 2.97. The molecule has 0 bridgehead atoms. The van der Waals surface area contributed by atoms with Crippen molar-refractivity contribution in [2.75, 3.05) is 0 Å². The number of aryl methyl sites for hydroxylation is 1. The van der Waals surface area contributed by atoms with Gasteiger partial charge in [-0.2, -0.15) is 0 Å². The maximum Gasteiger partial charge on any atom is 0.311 e. The van der Waals surface area contributed by atoms with Gasteiger partial charge < -0.3 is 5.11 Å². The van der Waals surface area contributed by atoms with Crippen LogP contribution in [0.3, 0.4) is 0 Å². The number of carbonyl (C=O) groups is 1. The first-order chi connectivity index (χ1) is 11.6. The van der Waals surface area contributed by atoms with Crippen LogP contribution in [0.1, 0.15) is 34.8 Å². The van der Waals surface area contributed by atoms with Crippen LogP contribution >= 0.6 is 11.3 Å². The minimum atomic E-state index is -0.853. The van der Waals surface area contributed by atoms with Crippen molar-refractivity contribution in [3.8, 4) is 0 Å². The summed E-state index contributed by atoms with van der Waals surface area (Å²) in [5.74, 6) is -1.45. The molecule has 1 aliphatic carbocycles. The van der Waals surface area contributed by atoms with Crippen LogP contribution in [-0.4, -0.2) is 20.6 Å². The van der Waals surface area contributed by atoms with Crippen molar-refractivity contribution < 1.29 is 9.90 Å². The SMILES string of the molecule is O=C(O)C1CCCc2sc3ncn(Cc4ccccc4)c(=O)c3c21. The molecule has 122 valence electrons. The Morgan fingerprint density at radius 1 is 1.33 bits per heavy atom. The summed E-state index contributed by atoms with van der Waals surface area (Å²) in [6.45, 7) is 0.435. The van der Waals surface area contributed by atoms with Gasteiger partial charge >= 0.3 is 5.97 Å². The van der Waals surface area contributed by atoms with Crippen LogP contribution in [-0.2, 0) is 17.8 Å². The van der Waals surface area contributed by atoms with Crippen LogP contribution in [0.25, 0.3) is 10.2 Å². The van der Waals surface area contributed by atoms with Crippen LogP contribution in [0.4, 0.5) is 0 Å². The van der Waals surface area contributed by atoms with E-state index in [0.717, 1.165) is 23.3 Å². The molecule has 0 saturated carbocycles. The summed E-state index contributed by atoms with van der Waals surface area (Å²) in [6, 6.07) is 9.71. The quantitative estimate of drug-likeness (QED) is 0.795. The molecule has 4 rings (SSSR count). The van der Waals surface area contributed by atoms with Crippen molar-refractivity contribution in [3.05, 3.63) is 63.0 Å². The predicted octanol–water partition coefficient (Wildman–Crippen LogP) is 3.01. The van der Waals surface area contributed by atoms with Crippen molar-refractivity contribution >= 4 is 27.5 Å². The molecule has 1 aliphatic rings. The van der Waals surface area contributed by atoms with E-state index in [4.69, 9.17) is 0 Å². The summed E-state index contributed by atoms with van der Waals surface area (Å²) in [4.78, 5) is 30.7. The fourth-order valence-corrected chi connectivity index (χ4v) is 4.63. The van der Waals surface area contributed by atoms with E-state index in [1.165, 1.54) is 11.3 Å². The topological polar surface area (TPSA) is 72.2 Å². The molecule has 0 spiro atoms. The first-order valence-corrected chi connectivity index (χ1v) is 8.74. The molecule has 0 fully saturated rings. The van der Waals surface area contributed by atoms with Gasteiger partial charge in [-0.3, -0.25) is 14.2 Å². The van der Waals surface area contributed by atoms with Gasteiger partial charge in [-0.25, -0.2) is 4.98 Å². The van der Waals surface area contributed by atoms with Gasteiger partial charge in [0, 0.05) is 4.88 Å². The van der Waals surface area contributed by atoms with Gasteiger partial charge in [-0.05, 0) is 30.4 Å². The normalized spacial score (nSPS) is 16.9. The van der Waals surface area contributed by atoms with Crippen molar-refractivity contribution in [3.63, 3.8) is 0 Å². The van der Waals surface area contributed by atoms with Crippen LogP contribution in [0, 0.1) is 0 Å². The summed E-state index contributed by atoms with van der Waals surface area (Å²) < 4.78 is 1.57. The number of carboxylic acid groups (broad SMARTS) is 1. The van der Waals surface area contributed by atoms with Gasteiger partial charge in [0.05, 0.1) is 24.2 Å². The van der Waals surface area contributed by atoms with Crippen molar-refractivity contribution in [1.82, 2.24) is 9.55 Å². The van der Waals surface area contributed by atoms with E-state index in [9.17, 15) is 14.7 Å². The number of hydrogen-bond acceptors (Lipinski definition) is 4. The van der Waals surface area contributed by atoms with Gasteiger partial charge in [-0.15, -0.1) is 11.3 Å². The van der Waals surface area contributed by atoms with Crippen LogP contribution in [0.5, 0.6) is 0 Å². The molecule has 2 aromatic heterocycles. The minimum Gasteiger partial charge on any atom is -0.481 e. The molecule has 0 aliphatic heterocycles. The number of carboxylic acids is 1. The number of benzene rings is 1. The Morgan fingerprint density at radius 3 is 2.88 bits per heavy atom. The molecule has 3 aromatic rings. The lowest BCUT2D eigenvalue weighted by Gasteiger charge is -2.18. The monoisotopic (exact) mass is 340 g/mol. The zero-order valence-electron chi connectivity index (χ0n) is 12.9. The summed E-state index contributed by atoms with van der Waals surface area (Å²) >= 11 is 1.46. The Hall–Kier alpha value is -2.47. The van der Waals surface area contributed by atoms with E-state index >= 15 is 0 Å². The lowest BCUT2D eigenvalue weighted by molar-refractivity contribution is -0.139. The van der Waals surface area contributed by atoms with Crippen molar-refractivity contribution in [2.24, 2.45) is 0 Å². The first-order valence-electron chi connectivity index (χ1n) is 7.92. The molecule has 5 nitrogen and oxygen atoms in total. The van der Waals surface area contributed by atoms with E-state index in [2.05, 4.69) is 4.98 Å². The number of fused-ring (bicyclic) bond motifs is 3. The maximum atomic E-state index is 13.0. The molecule has 1 N–H and O–H groups in total. The number of hydrogen-bond donors (Lipinski definition) is 1. The lowest BCUT2D eigenvalue weighted by atomic mass is 9.86. The van der Waals surface area contributed by atoms with E-state index < -0.39 is 11.9 Å². The molecule has 1 atom stereocenters. The highest BCUT2D eigenvalue weighted by atomic mass is 32.1. The minimum absolute atomic E-state index is 0.144. The smallest absolute Gasteiger partial charge is 0.311 e. The highest BCUT2D eigenvalue weighted by Crippen LogP contribution is 2.40. The molecule has 0 amide bonds. The Bertz CT molecular complexity index is 975. The molecule has 1 unspecified atom stereocenters. The van der Waals surface area contributed by atoms with Gasteiger partial charge in [0.25, 0.3) is 5.56 Å². The van der Waals surface area contributed by atoms with E-state index in [-0.39, 0.29) is 5.56 Å². The number of aliphatic carboxylic acids is 1. The fraction of sp³-hybridized carbons (Fsp3) is 0.278. The van der Waals surface area contributed by atoms with E-state index in [0.29, 0.717) is 28.7 Å². The number of rotatable bonds is 3. The summed E-state index contributed by atoms with van der Waals surface area (Å²) in [5, 5.41) is 10.0. The molecule has 0 saturated heterocycles. The molecule has 24 heavy (non-hydrogen) atoms. The van der Waals surface area contributed by atoms with E-state index in [1.807, 2.05) is 30.3 Å². The number of nitrogens with zero attached hydrogens (tertiary/aromatic N) is 2. The highest BCUT2D eigenvalue weighted by Gasteiger charge is 2.31. The number of aromatic nitrogens is 2. The summed E-state index contributed by atoms with van der Waals surface area (Å²) in [6.07, 6.45) is 3.82. The zero-order valence-corrected chi connectivity index (χ0v) is 13.8. The fourth-order valence-electron chi connectivity index (χ4n) is 3.40. The zero-order chi connectivity index (χ0) is 16.7. The standard InChI is InChI=1S/C18H16N2O3S/c21-17-15-14-12(18(22)23)7-4-8-13(14)24-16(15)19-10-20(17)9-11-5-2-1-3-6-11/h1-3,5-6,10,12H,4,7-9H2,(H,22,23).